The molecule has 5 fully saturated rings. The molecular weight excluding hydrogens is 396 g/mol. The lowest BCUT2D eigenvalue weighted by Crippen LogP contribution is -2.58. The molecule has 1 saturated heterocycles. The first-order valence-electron chi connectivity index (χ1n) is 11.6. The highest BCUT2D eigenvalue weighted by Gasteiger charge is 2.80. The number of methoxy groups -OCH3 is 1. The van der Waals surface area contributed by atoms with E-state index in [4.69, 9.17) is 13.9 Å². The number of rotatable bonds is 3. The summed E-state index contributed by atoms with van der Waals surface area (Å²) in [5, 5.41) is 0. The van der Waals surface area contributed by atoms with Crippen LogP contribution >= 0.6 is 0 Å². The van der Waals surface area contributed by atoms with Crippen molar-refractivity contribution in [3.63, 3.8) is 0 Å². The Hall–Kier alpha value is -1.14. The summed E-state index contributed by atoms with van der Waals surface area (Å²) in [6, 6.07) is 0. The number of hydrogen-bond acceptors (Lipinski definition) is 5. The van der Waals surface area contributed by atoms with E-state index in [2.05, 4.69) is 26.2 Å². The van der Waals surface area contributed by atoms with E-state index in [-0.39, 0.29) is 40.7 Å². The topological polar surface area (TPSA) is 61.8 Å². The molecule has 6 heteroatoms. The Bertz CT molecular complexity index is 817. The number of carbonyl (C=O) groups excluding carboxylic acids is 2. The molecule has 0 aromatic heterocycles. The second-order valence-corrected chi connectivity index (χ2v) is 16.3. The fourth-order valence-corrected chi connectivity index (χ4v) is 9.89. The monoisotopic (exact) mass is 432 g/mol. The van der Waals surface area contributed by atoms with Crippen LogP contribution in [-0.4, -0.2) is 40.1 Å². The minimum atomic E-state index is -1.89. The van der Waals surface area contributed by atoms with E-state index in [0.717, 1.165) is 38.5 Å². The molecule has 4 bridgehead atoms. The molecule has 0 amide bonds. The second kappa shape index (κ2) is 6.22. The van der Waals surface area contributed by atoms with Crippen molar-refractivity contribution in [3.05, 3.63) is 12.2 Å². The van der Waals surface area contributed by atoms with Gasteiger partial charge in [-0.2, -0.15) is 0 Å². The molecule has 0 aromatic rings. The molecule has 4 aliphatic carbocycles. The Labute approximate surface area is 181 Å². The number of hydrogen-bond donors (Lipinski definition) is 0. The number of fused-ring (bicyclic) bond motifs is 1. The van der Waals surface area contributed by atoms with Gasteiger partial charge in [0.05, 0.1) is 31.2 Å². The molecule has 30 heavy (non-hydrogen) atoms. The molecule has 1 aliphatic heterocycles. The maximum Gasteiger partial charge on any atom is 0.312 e. The quantitative estimate of drug-likeness (QED) is 0.377. The lowest BCUT2D eigenvalue weighted by molar-refractivity contribution is -0.201. The van der Waals surface area contributed by atoms with Gasteiger partial charge in [-0.25, -0.2) is 0 Å². The van der Waals surface area contributed by atoms with E-state index < -0.39 is 13.7 Å². The Morgan fingerprint density at radius 1 is 1.23 bits per heavy atom. The number of carbonyl (C=O) groups is 2. The highest BCUT2D eigenvalue weighted by atomic mass is 28.4. The van der Waals surface area contributed by atoms with Crippen LogP contribution < -0.4 is 0 Å². The first-order chi connectivity index (χ1) is 14.0. The molecule has 4 saturated carbocycles. The van der Waals surface area contributed by atoms with Crippen molar-refractivity contribution >= 4 is 20.3 Å². The van der Waals surface area contributed by atoms with Crippen LogP contribution in [0.15, 0.2) is 12.2 Å². The van der Waals surface area contributed by atoms with Gasteiger partial charge < -0.3 is 13.9 Å². The van der Waals surface area contributed by atoms with E-state index in [1.54, 1.807) is 0 Å². The maximum absolute atomic E-state index is 13.6. The summed E-state index contributed by atoms with van der Waals surface area (Å²) in [5.41, 5.74) is 0.0920. The normalized spacial score (nSPS) is 49.3. The molecule has 1 heterocycles. The van der Waals surface area contributed by atoms with E-state index in [1.807, 2.05) is 6.92 Å². The lowest BCUT2D eigenvalue weighted by Gasteiger charge is -2.55. The summed E-state index contributed by atoms with van der Waals surface area (Å²) in [5.74, 6) is 0.0696. The van der Waals surface area contributed by atoms with Crippen molar-refractivity contribution in [1.29, 1.82) is 0 Å². The summed E-state index contributed by atoms with van der Waals surface area (Å²) in [6.07, 6.45) is 5.82. The molecule has 5 aliphatic rings. The fraction of sp³-hybridized carbons (Fsp3) is 0.833. The average Bonchev–Trinajstić information content (AvgIpc) is 3.06. The highest BCUT2D eigenvalue weighted by Crippen LogP contribution is 2.79. The molecule has 5 rings (SSSR count). The number of cyclic esters (lactones) is 1. The number of ether oxygens (including phenoxy) is 2. The predicted octanol–water partition coefficient (Wildman–Crippen LogP) is 4.33. The van der Waals surface area contributed by atoms with Gasteiger partial charge in [-0.1, -0.05) is 13.0 Å². The minimum absolute atomic E-state index is 0.0326. The van der Waals surface area contributed by atoms with Gasteiger partial charge in [0, 0.05) is 10.8 Å². The van der Waals surface area contributed by atoms with Gasteiger partial charge in [0.1, 0.15) is 0 Å². The summed E-state index contributed by atoms with van der Waals surface area (Å²) in [4.78, 5) is 26.6. The standard InChI is InChI=1S/C24H36O5Si/c1-14-15-8-9-16-23-11-7-10-22(2,21(26)28-13-23)18(23)17(20(25)27-3)24(16,12-15)19(14)29-30(4,5)6/h15-19H,1,7-13H2,2-6H3/t15-,16?,17-,18?,19-,22?,23-,24-/m1/s1. The molecule has 5 nitrogen and oxygen atoms in total. The summed E-state index contributed by atoms with van der Waals surface area (Å²) in [6.45, 7) is 13.7. The summed E-state index contributed by atoms with van der Waals surface area (Å²) >= 11 is 0. The Balaban J connectivity index is 1.75. The third-order valence-corrected chi connectivity index (χ3v) is 10.5. The zero-order valence-corrected chi connectivity index (χ0v) is 20.1. The van der Waals surface area contributed by atoms with E-state index in [0.29, 0.717) is 18.4 Å². The van der Waals surface area contributed by atoms with Gasteiger partial charge in [-0.05, 0) is 82.0 Å². The van der Waals surface area contributed by atoms with Crippen molar-refractivity contribution in [1.82, 2.24) is 0 Å². The van der Waals surface area contributed by atoms with Crippen LogP contribution in [0.5, 0.6) is 0 Å². The van der Waals surface area contributed by atoms with Gasteiger partial charge in [0.25, 0.3) is 0 Å². The zero-order valence-electron chi connectivity index (χ0n) is 19.1. The summed E-state index contributed by atoms with van der Waals surface area (Å²) < 4.78 is 18.2. The zero-order chi connectivity index (χ0) is 21.7. The first-order valence-corrected chi connectivity index (χ1v) is 15.0. The predicted molar refractivity (Wildman–Crippen MR) is 115 cm³/mol. The second-order valence-electron chi connectivity index (χ2n) is 11.9. The third kappa shape index (κ3) is 2.33. The van der Waals surface area contributed by atoms with Gasteiger partial charge in [0.2, 0.25) is 0 Å². The van der Waals surface area contributed by atoms with Crippen molar-refractivity contribution in [2.75, 3.05) is 13.7 Å². The molecule has 166 valence electrons. The van der Waals surface area contributed by atoms with Gasteiger partial charge in [-0.15, -0.1) is 0 Å². The van der Waals surface area contributed by atoms with Crippen molar-refractivity contribution in [2.24, 2.45) is 39.9 Å². The van der Waals surface area contributed by atoms with Gasteiger partial charge in [0.15, 0.2) is 8.32 Å². The first kappa shape index (κ1) is 20.7. The van der Waals surface area contributed by atoms with Crippen LogP contribution in [0.2, 0.25) is 19.6 Å². The smallest absolute Gasteiger partial charge is 0.312 e. The average molecular weight is 433 g/mol. The van der Waals surface area contributed by atoms with Crippen LogP contribution in [0.4, 0.5) is 0 Å². The van der Waals surface area contributed by atoms with E-state index >= 15 is 0 Å². The third-order valence-electron chi connectivity index (χ3n) is 9.52. The highest BCUT2D eigenvalue weighted by molar-refractivity contribution is 6.69. The number of esters is 2. The van der Waals surface area contributed by atoms with Crippen molar-refractivity contribution in [3.8, 4) is 0 Å². The molecule has 0 radical (unpaired) electrons. The Kier molecular flexibility index (Phi) is 4.30. The van der Waals surface area contributed by atoms with Crippen molar-refractivity contribution < 1.29 is 23.5 Å². The lowest BCUT2D eigenvalue weighted by atomic mass is 9.51. The largest absolute Gasteiger partial charge is 0.469 e. The minimum Gasteiger partial charge on any atom is -0.469 e. The molecule has 1 spiro atoms. The Morgan fingerprint density at radius 2 is 1.97 bits per heavy atom. The molecule has 3 unspecified atom stereocenters. The van der Waals surface area contributed by atoms with E-state index in [9.17, 15) is 9.59 Å². The molecular formula is C24H36O5Si. The maximum atomic E-state index is 13.6. The SMILES string of the molecule is C=C1[C@@H]2CCC3[C@@]45CCCC(C)(C(=O)OC4)C5[C@H](C(=O)OC)[C@]3(C2)[C@@H]1O[Si](C)(C)C. The Morgan fingerprint density at radius 3 is 2.63 bits per heavy atom. The molecule has 0 N–H and O–H groups in total. The molecule has 8 atom stereocenters. The van der Waals surface area contributed by atoms with E-state index in [1.165, 1.54) is 12.7 Å². The van der Waals surface area contributed by atoms with Gasteiger partial charge in [-0.3, -0.25) is 9.59 Å². The van der Waals surface area contributed by atoms with Crippen LogP contribution in [0.3, 0.4) is 0 Å². The van der Waals surface area contributed by atoms with Crippen LogP contribution in [0.1, 0.15) is 45.4 Å². The fourth-order valence-electron chi connectivity index (χ4n) is 8.81. The van der Waals surface area contributed by atoms with Gasteiger partial charge >= 0.3 is 11.9 Å². The van der Waals surface area contributed by atoms with Crippen LogP contribution in [0.25, 0.3) is 0 Å². The van der Waals surface area contributed by atoms with Crippen LogP contribution in [0, 0.1) is 39.9 Å². The van der Waals surface area contributed by atoms with Crippen molar-refractivity contribution in [2.45, 2.75) is 71.2 Å². The molecule has 0 aromatic carbocycles. The summed E-state index contributed by atoms with van der Waals surface area (Å²) in [7, 11) is -0.395. The van der Waals surface area contributed by atoms with Crippen LogP contribution in [-0.2, 0) is 23.5 Å².